The van der Waals surface area contributed by atoms with Crippen molar-refractivity contribution in [2.75, 3.05) is 58.7 Å². The van der Waals surface area contributed by atoms with Gasteiger partial charge in [0.2, 0.25) is 15.9 Å². The molecule has 28 heavy (non-hydrogen) atoms. The van der Waals surface area contributed by atoms with Gasteiger partial charge in [0.1, 0.15) is 0 Å². The van der Waals surface area contributed by atoms with Crippen LogP contribution >= 0.6 is 0 Å². The average molecular weight is 409 g/mol. The summed E-state index contributed by atoms with van der Waals surface area (Å²) >= 11 is 0. The molecule has 2 saturated heterocycles. The Bertz CT molecular complexity index is 796. The van der Waals surface area contributed by atoms with E-state index in [9.17, 15) is 13.2 Å². The largest absolute Gasteiger partial charge is 0.326 e. The van der Waals surface area contributed by atoms with Gasteiger partial charge in [0.05, 0.1) is 4.90 Å². The Kier molecular flexibility index (Phi) is 6.75. The van der Waals surface area contributed by atoms with Crippen molar-refractivity contribution in [3.63, 3.8) is 0 Å². The minimum absolute atomic E-state index is 0.0404. The number of rotatable bonds is 5. The molecule has 1 aromatic carbocycles. The highest BCUT2D eigenvalue weighted by atomic mass is 32.2. The maximum Gasteiger partial charge on any atom is 0.243 e. The number of likely N-dealkylation sites (tertiary alicyclic amines) is 1. The predicted octanol–water partition coefficient (Wildman–Crippen LogP) is 1.60. The number of carbonyl (C=O) groups excluding carboxylic acids is 1. The van der Waals surface area contributed by atoms with Crippen LogP contribution in [0.15, 0.2) is 23.1 Å². The molecule has 0 bridgehead atoms. The lowest BCUT2D eigenvalue weighted by Crippen LogP contribution is -2.47. The van der Waals surface area contributed by atoms with E-state index in [1.165, 1.54) is 0 Å². The third-order valence-corrected chi connectivity index (χ3v) is 7.90. The fourth-order valence-electron chi connectivity index (χ4n) is 3.86. The van der Waals surface area contributed by atoms with Gasteiger partial charge in [-0.25, -0.2) is 8.42 Å². The maximum atomic E-state index is 13.1. The molecule has 0 spiro atoms. The Morgan fingerprint density at radius 2 is 1.64 bits per heavy atom. The average Bonchev–Trinajstić information content (AvgIpc) is 2.65. The van der Waals surface area contributed by atoms with Crippen molar-refractivity contribution in [3.8, 4) is 0 Å². The van der Waals surface area contributed by atoms with Crippen molar-refractivity contribution in [1.82, 2.24) is 14.1 Å². The molecule has 1 amide bonds. The van der Waals surface area contributed by atoms with Gasteiger partial charge >= 0.3 is 0 Å². The Hall–Kier alpha value is -1.48. The zero-order chi connectivity index (χ0) is 20.3. The summed E-state index contributed by atoms with van der Waals surface area (Å²) in [6.07, 6.45) is 2.55. The zero-order valence-electron chi connectivity index (χ0n) is 17.1. The Labute approximate surface area is 168 Å². The summed E-state index contributed by atoms with van der Waals surface area (Å²) in [6, 6.07) is 5.16. The van der Waals surface area contributed by atoms with Gasteiger partial charge in [0, 0.05) is 38.3 Å². The summed E-state index contributed by atoms with van der Waals surface area (Å²) in [4.78, 5) is 17.1. The molecule has 2 aliphatic rings. The monoisotopic (exact) mass is 408 g/mol. The van der Waals surface area contributed by atoms with Gasteiger partial charge in [-0.2, -0.15) is 4.31 Å². The third kappa shape index (κ3) is 5.11. The number of nitrogens with one attached hydrogen (secondary N) is 1. The fourth-order valence-corrected chi connectivity index (χ4v) is 5.54. The maximum absolute atomic E-state index is 13.1. The van der Waals surface area contributed by atoms with Crippen LogP contribution in [-0.2, 0) is 14.8 Å². The van der Waals surface area contributed by atoms with E-state index >= 15 is 0 Å². The van der Waals surface area contributed by atoms with Gasteiger partial charge in [-0.3, -0.25) is 4.79 Å². The second-order valence-corrected chi connectivity index (χ2v) is 10.1. The number of amides is 1. The van der Waals surface area contributed by atoms with Gasteiger partial charge < -0.3 is 15.1 Å². The lowest BCUT2D eigenvalue weighted by atomic mass is 9.93. The molecule has 0 atom stereocenters. The number of hydrogen-bond donors (Lipinski definition) is 1. The molecule has 2 fully saturated rings. The van der Waals surface area contributed by atoms with Crippen LogP contribution in [0.5, 0.6) is 0 Å². The van der Waals surface area contributed by atoms with E-state index in [1.807, 2.05) is 7.05 Å². The first kappa shape index (κ1) is 21.2. The summed E-state index contributed by atoms with van der Waals surface area (Å²) in [5.74, 6) is 0.358. The van der Waals surface area contributed by atoms with E-state index in [0.717, 1.165) is 39.0 Å². The molecule has 1 aromatic rings. The standard InChI is InChI=1S/C20H32N4O3S/c1-16-4-5-18(21-20(25)14-17-6-8-22(2)9-7-17)15-19(16)28(26,27)24-12-10-23(3)11-13-24/h4-5,15,17H,6-14H2,1-3H3,(H,21,25). The van der Waals surface area contributed by atoms with Crippen molar-refractivity contribution >= 4 is 21.6 Å². The van der Waals surface area contributed by atoms with E-state index in [-0.39, 0.29) is 10.8 Å². The van der Waals surface area contributed by atoms with Crippen LogP contribution in [0.25, 0.3) is 0 Å². The third-order valence-electron chi connectivity index (χ3n) is 5.86. The summed E-state index contributed by atoms with van der Waals surface area (Å²) in [5, 5.41) is 2.91. The van der Waals surface area contributed by atoms with Gasteiger partial charge in [-0.1, -0.05) is 6.07 Å². The molecular formula is C20H32N4O3S. The zero-order valence-corrected chi connectivity index (χ0v) is 18.0. The normalized spacial score (nSPS) is 21.0. The number of hydrogen-bond acceptors (Lipinski definition) is 5. The molecule has 0 aromatic heterocycles. The lowest BCUT2D eigenvalue weighted by Gasteiger charge is -2.32. The fraction of sp³-hybridized carbons (Fsp3) is 0.650. The highest BCUT2D eigenvalue weighted by molar-refractivity contribution is 7.89. The summed E-state index contributed by atoms with van der Waals surface area (Å²) in [5.41, 5.74) is 1.25. The number of likely N-dealkylation sites (N-methyl/N-ethyl adjacent to an activating group) is 1. The van der Waals surface area contributed by atoms with Crippen molar-refractivity contribution in [2.24, 2.45) is 5.92 Å². The number of piperazine rings is 1. The second-order valence-electron chi connectivity index (χ2n) is 8.19. The molecule has 2 aliphatic heterocycles. The second kappa shape index (κ2) is 8.90. The van der Waals surface area contributed by atoms with Crippen molar-refractivity contribution in [1.29, 1.82) is 0 Å². The van der Waals surface area contributed by atoms with E-state index in [2.05, 4.69) is 22.2 Å². The van der Waals surface area contributed by atoms with Crippen LogP contribution in [0.2, 0.25) is 0 Å². The predicted molar refractivity (Wildman–Crippen MR) is 111 cm³/mol. The van der Waals surface area contributed by atoms with Crippen LogP contribution in [0.4, 0.5) is 5.69 Å². The van der Waals surface area contributed by atoms with Crippen molar-refractivity contribution < 1.29 is 13.2 Å². The number of nitrogens with zero attached hydrogens (tertiary/aromatic N) is 3. The van der Waals surface area contributed by atoms with E-state index in [4.69, 9.17) is 0 Å². The van der Waals surface area contributed by atoms with Gasteiger partial charge in [-0.05, 0) is 70.6 Å². The smallest absolute Gasteiger partial charge is 0.243 e. The van der Waals surface area contributed by atoms with E-state index < -0.39 is 10.0 Å². The molecule has 1 N–H and O–H groups in total. The molecule has 8 heteroatoms. The van der Waals surface area contributed by atoms with Crippen LogP contribution < -0.4 is 5.32 Å². The SMILES string of the molecule is Cc1ccc(NC(=O)CC2CCN(C)CC2)cc1S(=O)(=O)N1CCN(C)CC1. The van der Waals surface area contributed by atoms with Gasteiger partial charge in [0.25, 0.3) is 0 Å². The molecule has 0 aliphatic carbocycles. The molecular weight excluding hydrogens is 376 g/mol. The highest BCUT2D eigenvalue weighted by Gasteiger charge is 2.29. The first-order valence-electron chi connectivity index (χ1n) is 10.0. The highest BCUT2D eigenvalue weighted by Crippen LogP contribution is 2.25. The lowest BCUT2D eigenvalue weighted by molar-refractivity contribution is -0.117. The van der Waals surface area contributed by atoms with Gasteiger partial charge in [-0.15, -0.1) is 0 Å². The topological polar surface area (TPSA) is 73.0 Å². The number of sulfonamides is 1. The summed E-state index contributed by atoms with van der Waals surface area (Å²) < 4.78 is 27.7. The Morgan fingerprint density at radius 3 is 2.29 bits per heavy atom. The molecule has 0 unspecified atom stereocenters. The number of aryl methyl sites for hydroxylation is 1. The molecule has 156 valence electrons. The quantitative estimate of drug-likeness (QED) is 0.801. The Balaban J connectivity index is 1.68. The van der Waals surface area contributed by atoms with Crippen LogP contribution in [-0.4, -0.2) is 81.8 Å². The van der Waals surface area contributed by atoms with Crippen molar-refractivity contribution in [2.45, 2.75) is 31.1 Å². The first-order chi connectivity index (χ1) is 13.3. The number of anilines is 1. The molecule has 2 heterocycles. The van der Waals surface area contributed by atoms with Crippen LogP contribution in [0.1, 0.15) is 24.8 Å². The minimum atomic E-state index is -3.56. The molecule has 7 nitrogen and oxygen atoms in total. The van der Waals surface area contributed by atoms with Crippen molar-refractivity contribution in [3.05, 3.63) is 23.8 Å². The Morgan fingerprint density at radius 1 is 1.04 bits per heavy atom. The summed E-state index contributed by atoms with van der Waals surface area (Å²) in [6.45, 7) is 6.28. The van der Waals surface area contributed by atoms with Crippen LogP contribution in [0, 0.1) is 12.8 Å². The molecule has 0 radical (unpaired) electrons. The summed E-state index contributed by atoms with van der Waals surface area (Å²) in [7, 11) is 0.540. The molecule has 0 saturated carbocycles. The van der Waals surface area contributed by atoms with E-state index in [1.54, 1.807) is 29.4 Å². The number of carbonyl (C=O) groups is 1. The molecule has 3 rings (SSSR count). The van der Waals surface area contributed by atoms with Crippen LogP contribution in [0.3, 0.4) is 0 Å². The number of benzene rings is 1. The minimum Gasteiger partial charge on any atom is -0.326 e. The van der Waals surface area contributed by atoms with Gasteiger partial charge in [0.15, 0.2) is 0 Å². The number of piperidine rings is 1. The first-order valence-corrected chi connectivity index (χ1v) is 11.5. The van der Waals surface area contributed by atoms with E-state index in [0.29, 0.717) is 36.7 Å².